The molecule has 0 aliphatic heterocycles. The number of amides is 1. The van der Waals surface area contributed by atoms with Crippen molar-refractivity contribution in [3.63, 3.8) is 0 Å². The molecule has 0 aliphatic carbocycles. The Kier molecular flexibility index (Phi) is 5.52. The predicted octanol–water partition coefficient (Wildman–Crippen LogP) is 2.40. The van der Waals surface area contributed by atoms with Gasteiger partial charge in [-0.2, -0.15) is 0 Å². The fourth-order valence-electron chi connectivity index (χ4n) is 1.94. The van der Waals surface area contributed by atoms with E-state index in [9.17, 15) is 14.3 Å². The lowest BCUT2D eigenvalue weighted by Crippen LogP contribution is -2.28. The number of pyridine rings is 1. The first-order chi connectivity index (χ1) is 10.9. The Hall–Kier alpha value is -2.18. The van der Waals surface area contributed by atoms with Crippen LogP contribution in [0, 0.1) is 5.82 Å². The van der Waals surface area contributed by atoms with Crippen LogP contribution in [0.4, 0.5) is 10.2 Å². The van der Waals surface area contributed by atoms with Crippen LogP contribution in [0.3, 0.4) is 0 Å². The monoisotopic (exact) mass is 337 g/mol. The molecule has 0 spiro atoms. The third-order valence-corrected chi connectivity index (χ3v) is 3.41. The summed E-state index contributed by atoms with van der Waals surface area (Å²) in [5.41, 5.74) is 0.869. The number of aliphatic hydroxyl groups is 1. The molecule has 1 unspecified atom stereocenters. The minimum Gasteiger partial charge on any atom is -0.387 e. The van der Waals surface area contributed by atoms with Gasteiger partial charge in [-0.15, -0.1) is 0 Å². The molecular weight excluding hydrogens is 321 g/mol. The van der Waals surface area contributed by atoms with Gasteiger partial charge in [-0.1, -0.05) is 23.7 Å². The number of rotatable bonds is 5. The Morgan fingerprint density at radius 2 is 2.00 bits per heavy atom. The van der Waals surface area contributed by atoms with Crippen molar-refractivity contribution in [2.24, 2.45) is 0 Å². The molecule has 2 N–H and O–H groups in total. The summed E-state index contributed by atoms with van der Waals surface area (Å²) in [5, 5.41) is 12.8. The lowest BCUT2D eigenvalue weighted by Gasteiger charge is -2.15. The van der Waals surface area contributed by atoms with E-state index in [-0.39, 0.29) is 23.4 Å². The maximum atomic E-state index is 12.9. The fourth-order valence-corrected chi connectivity index (χ4v) is 2.14. The molecule has 0 saturated heterocycles. The largest absolute Gasteiger partial charge is 0.387 e. The summed E-state index contributed by atoms with van der Waals surface area (Å²) in [6, 6.07) is 8.51. The van der Waals surface area contributed by atoms with Crippen LogP contribution in [0.1, 0.15) is 22.0 Å². The summed E-state index contributed by atoms with van der Waals surface area (Å²) in [7, 11) is 3.58. The van der Waals surface area contributed by atoms with Gasteiger partial charge in [0.2, 0.25) is 0 Å². The number of aromatic nitrogens is 1. The Morgan fingerprint density at radius 1 is 1.35 bits per heavy atom. The van der Waals surface area contributed by atoms with Gasteiger partial charge in [0.05, 0.1) is 6.10 Å². The van der Waals surface area contributed by atoms with Gasteiger partial charge in [0, 0.05) is 26.2 Å². The molecule has 0 fully saturated rings. The van der Waals surface area contributed by atoms with Crippen molar-refractivity contribution in [2.45, 2.75) is 6.10 Å². The molecule has 2 rings (SSSR count). The highest BCUT2D eigenvalue weighted by molar-refractivity contribution is 6.29. The van der Waals surface area contributed by atoms with Crippen LogP contribution in [-0.4, -0.2) is 36.6 Å². The Morgan fingerprint density at radius 3 is 2.61 bits per heavy atom. The summed E-state index contributed by atoms with van der Waals surface area (Å²) in [6.07, 6.45) is -0.926. The SMILES string of the molecule is CN(C)c1cc(C(=O)NCC(O)c2ccc(F)cc2)cc(Cl)n1. The van der Waals surface area contributed by atoms with Gasteiger partial charge in [0.15, 0.2) is 0 Å². The number of nitrogens with one attached hydrogen (secondary N) is 1. The van der Waals surface area contributed by atoms with Crippen molar-refractivity contribution >= 4 is 23.3 Å². The number of hydrogen-bond donors (Lipinski definition) is 2. The third-order valence-electron chi connectivity index (χ3n) is 3.21. The molecule has 2 aromatic rings. The molecule has 1 aromatic heterocycles. The third kappa shape index (κ3) is 4.64. The molecule has 1 atom stereocenters. The first-order valence-corrected chi connectivity index (χ1v) is 7.31. The fraction of sp³-hybridized carbons (Fsp3) is 0.250. The number of anilines is 1. The number of nitrogens with zero attached hydrogens (tertiary/aromatic N) is 2. The molecule has 1 heterocycles. The van der Waals surface area contributed by atoms with Gasteiger partial charge in [-0.05, 0) is 29.8 Å². The minimum atomic E-state index is -0.926. The highest BCUT2D eigenvalue weighted by Crippen LogP contribution is 2.17. The highest BCUT2D eigenvalue weighted by atomic mass is 35.5. The molecule has 0 radical (unpaired) electrons. The smallest absolute Gasteiger partial charge is 0.251 e. The maximum absolute atomic E-state index is 12.9. The predicted molar refractivity (Wildman–Crippen MR) is 87.3 cm³/mol. The quantitative estimate of drug-likeness (QED) is 0.822. The van der Waals surface area contributed by atoms with E-state index in [1.54, 1.807) is 25.1 Å². The van der Waals surface area contributed by atoms with Crippen LogP contribution in [0.2, 0.25) is 5.15 Å². The van der Waals surface area contributed by atoms with Crippen molar-refractivity contribution in [3.05, 3.63) is 58.5 Å². The van der Waals surface area contributed by atoms with E-state index >= 15 is 0 Å². The standard InChI is InChI=1S/C16H17ClFN3O2/c1-21(2)15-8-11(7-14(17)20-15)16(23)19-9-13(22)10-3-5-12(18)6-4-10/h3-8,13,22H,9H2,1-2H3,(H,19,23). The van der Waals surface area contributed by atoms with Crippen molar-refractivity contribution in [1.82, 2.24) is 10.3 Å². The first-order valence-electron chi connectivity index (χ1n) is 6.93. The van der Waals surface area contributed by atoms with Crippen LogP contribution in [0.15, 0.2) is 36.4 Å². The molecule has 23 heavy (non-hydrogen) atoms. The highest BCUT2D eigenvalue weighted by Gasteiger charge is 2.13. The minimum absolute atomic E-state index is 0.00169. The van der Waals surface area contributed by atoms with Gasteiger partial charge in [0.25, 0.3) is 5.91 Å². The second-order valence-corrected chi connectivity index (χ2v) is 5.60. The van der Waals surface area contributed by atoms with Gasteiger partial charge in [-0.3, -0.25) is 4.79 Å². The molecule has 1 amide bonds. The Bertz CT molecular complexity index is 692. The Labute approximate surface area is 138 Å². The number of benzene rings is 1. The van der Waals surface area contributed by atoms with Gasteiger partial charge in [0.1, 0.15) is 16.8 Å². The zero-order chi connectivity index (χ0) is 17.0. The first kappa shape index (κ1) is 17.2. The Balaban J connectivity index is 2.03. The van der Waals surface area contributed by atoms with Crippen molar-refractivity contribution in [3.8, 4) is 0 Å². The average molecular weight is 338 g/mol. The maximum Gasteiger partial charge on any atom is 0.251 e. The van der Waals surface area contributed by atoms with Crippen molar-refractivity contribution in [2.75, 3.05) is 25.5 Å². The average Bonchev–Trinajstić information content (AvgIpc) is 2.52. The number of hydrogen-bond acceptors (Lipinski definition) is 4. The summed E-state index contributed by atoms with van der Waals surface area (Å²) in [6.45, 7) is 0.00169. The van der Waals surface area contributed by atoms with E-state index in [1.807, 2.05) is 0 Å². The second kappa shape index (κ2) is 7.39. The molecule has 122 valence electrons. The van der Waals surface area contributed by atoms with E-state index in [1.165, 1.54) is 30.3 Å². The van der Waals surface area contributed by atoms with E-state index < -0.39 is 6.10 Å². The van der Waals surface area contributed by atoms with Crippen molar-refractivity contribution < 1.29 is 14.3 Å². The van der Waals surface area contributed by atoms with Crippen LogP contribution >= 0.6 is 11.6 Å². The van der Waals surface area contributed by atoms with E-state index in [4.69, 9.17) is 11.6 Å². The lowest BCUT2D eigenvalue weighted by atomic mass is 10.1. The molecule has 0 aliphatic rings. The van der Waals surface area contributed by atoms with E-state index in [0.717, 1.165) is 0 Å². The summed E-state index contributed by atoms with van der Waals surface area (Å²) < 4.78 is 12.9. The van der Waals surface area contributed by atoms with Gasteiger partial charge in [-0.25, -0.2) is 9.37 Å². The second-order valence-electron chi connectivity index (χ2n) is 5.21. The van der Waals surface area contributed by atoms with Gasteiger partial charge < -0.3 is 15.3 Å². The zero-order valence-electron chi connectivity index (χ0n) is 12.8. The molecule has 0 saturated carbocycles. The lowest BCUT2D eigenvalue weighted by molar-refractivity contribution is 0.0916. The summed E-state index contributed by atoms with van der Waals surface area (Å²) in [4.78, 5) is 18.0. The number of aliphatic hydroxyl groups excluding tert-OH is 1. The molecule has 1 aromatic carbocycles. The normalized spacial score (nSPS) is 11.9. The molecular formula is C16H17ClFN3O2. The number of halogens is 2. The zero-order valence-corrected chi connectivity index (χ0v) is 13.5. The summed E-state index contributed by atoms with van der Waals surface area (Å²) in [5.74, 6) is -0.201. The van der Waals surface area contributed by atoms with E-state index in [0.29, 0.717) is 16.9 Å². The number of carbonyl (C=O) groups excluding carboxylic acids is 1. The molecule has 5 nitrogen and oxygen atoms in total. The van der Waals surface area contributed by atoms with E-state index in [2.05, 4.69) is 10.3 Å². The van der Waals surface area contributed by atoms with Crippen molar-refractivity contribution in [1.29, 1.82) is 0 Å². The van der Waals surface area contributed by atoms with Gasteiger partial charge >= 0.3 is 0 Å². The molecule has 7 heteroatoms. The summed E-state index contributed by atoms with van der Waals surface area (Å²) >= 11 is 5.91. The molecule has 0 bridgehead atoms. The van der Waals surface area contributed by atoms with Crippen LogP contribution < -0.4 is 10.2 Å². The van der Waals surface area contributed by atoms with Crippen LogP contribution in [0.25, 0.3) is 0 Å². The van der Waals surface area contributed by atoms with Crippen LogP contribution in [-0.2, 0) is 0 Å². The van der Waals surface area contributed by atoms with Crippen LogP contribution in [0.5, 0.6) is 0 Å². The number of carbonyl (C=O) groups is 1. The topological polar surface area (TPSA) is 65.5 Å².